The van der Waals surface area contributed by atoms with Gasteiger partial charge in [0, 0.05) is 37.7 Å². The van der Waals surface area contributed by atoms with Gasteiger partial charge in [0.05, 0.1) is 9.95 Å². The van der Waals surface area contributed by atoms with Crippen molar-refractivity contribution in [2.45, 2.75) is 59.8 Å². The normalized spacial score (nSPS) is 15.6. The molecule has 0 fully saturated rings. The number of hydrogen-bond donors (Lipinski definition) is 0. The maximum absolute atomic E-state index is 12.5. The molecule has 37 heavy (non-hydrogen) atoms. The van der Waals surface area contributed by atoms with Gasteiger partial charge in [-0.3, -0.25) is 10.1 Å². The number of nitrogens with zero attached hydrogens (tertiary/aromatic N) is 2. The molecule has 2 aromatic rings. The van der Waals surface area contributed by atoms with E-state index in [2.05, 4.69) is 48.9 Å². The summed E-state index contributed by atoms with van der Waals surface area (Å²) in [7, 11) is 2.15. The molecule has 1 aliphatic heterocycles. The number of carbonyl (C=O) groups excluding carboxylic acids is 1. The lowest BCUT2D eigenvalue weighted by Crippen LogP contribution is -2.25. The number of fused-ring (bicyclic) bond motifs is 5. The van der Waals surface area contributed by atoms with Gasteiger partial charge in [-0.1, -0.05) is 68.8 Å². The molecule has 0 spiro atoms. The van der Waals surface area contributed by atoms with Crippen LogP contribution in [0.15, 0.2) is 72.1 Å². The number of rotatable bonds is 4. The minimum Gasteiger partial charge on any atom is -0.422 e. The third kappa shape index (κ3) is 7.10. The van der Waals surface area contributed by atoms with Crippen molar-refractivity contribution < 1.29 is 14.5 Å². The molecule has 7 heteroatoms. The van der Waals surface area contributed by atoms with Gasteiger partial charge in [-0.05, 0) is 67.2 Å². The van der Waals surface area contributed by atoms with Crippen LogP contribution in [0.1, 0.15) is 69.2 Å². The number of hydrogen-bond acceptors (Lipinski definition) is 5. The Morgan fingerprint density at radius 3 is 2.49 bits per heavy atom. The third-order valence-corrected chi connectivity index (χ3v) is 6.66. The summed E-state index contributed by atoms with van der Waals surface area (Å²) in [4.78, 5) is 23.7. The second-order valence-electron chi connectivity index (χ2n) is 8.67. The van der Waals surface area contributed by atoms with Crippen LogP contribution in [0.2, 0.25) is 5.02 Å². The summed E-state index contributed by atoms with van der Waals surface area (Å²) in [6, 6.07) is 12.6. The predicted molar refractivity (Wildman–Crippen MR) is 151 cm³/mol. The Labute approximate surface area is 225 Å². The maximum Gasteiger partial charge on any atom is 0.339 e. The van der Waals surface area contributed by atoms with E-state index in [1.54, 1.807) is 6.08 Å². The molecule has 2 aliphatic rings. The van der Waals surface area contributed by atoms with E-state index in [0.29, 0.717) is 22.8 Å². The van der Waals surface area contributed by atoms with Gasteiger partial charge in [-0.15, -0.1) is 0 Å². The quantitative estimate of drug-likeness (QED) is 0.136. The Morgan fingerprint density at radius 2 is 1.89 bits per heavy atom. The first kappa shape index (κ1) is 29.8. The number of allylic oxidation sites excluding steroid dienone is 4. The number of halogens is 1. The fourth-order valence-electron chi connectivity index (χ4n) is 4.42. The summed E-state index contributed by atoms with van der Waals surface area (Å²) in [6.07, 6.45) is 6.61. The molecule has 0 radical (unpaired) electrons. The first-order valence-electron chi connectivity index (χ1n) is 12.7. The van der Waals surface area contributed by atoms with E-state index in [1.807, 2.05) is 39.8 Å². The van der Waals surface area contributed by atoms with Crippen LogP contribution in [0.3, 0.4) is 0 Å². The lowest BCUT2D eigenvalue weighted by Gasteiger charge is -2.32. The highest BCUT2D eigenvalue weighted by atomic mass is 35.5. The molecule has 0 amide bonds. The number of likely N-dealkylation sites (N-methyl/N-ethyl adjacent to an activating group) is 1. The van der Waals surface area contributed by atoms with Crippen LogP contribution in [0, 0.1) is 10.1 Å². The molecule has 0 saturated heterocycles. The summed E-state index contributed by atoms with van der Waals surface area (Å²) in [5.41, 5.74) is 7.01. The van der Waals surface area contributed by atoms with Gasteiger partial charge in [0.2, 0.25) is 5.70 Å². The van der Waals surface area contributed by atoms with Crippen LogP contribution in [-0.2, 0) is 17.6 Å². The van der Waals surface area contributed by atoms with Gasteiger partial charge in [0.25, 0.3) is 0 Å². The molecule has 1 aliphatic carbocycles. The minimum absolute atomic E-state index is 0.0185. The average molecular weight is 525 g/mol. The zero-order valence-corrected chi connectivity index (χ0v) is 23.4. The molecule has 0 saturated carbocycles. The van der Waals surface area contributed by atoms with Crippen molar-refractivity contribution in [2.24, 2.45) is 0 Å². The summed E-state index contributed by atoms with van der Waals surface area (Å²) in [5, 5.41) is 9.89. The Bertz CT molecular complexity index is 1200. The highest BCUT2D eigenvalue weighted by molar-refractivity contribution is 6.32. The van der Waals surface area contributed by atoms with E-state index in [-0.39, 0.29) is 17.6 Å². The van der Waals surface area contributed by atoms with Gasteiger partial charge in [-0.2, -0.15) is 0 Å². The number of esters is 1. The Balaban J connectivity index is 0.000000531. The van der Waals surface area contributed by atoms with Gasteiger partial charge >= 0.3 is 5.97 Å². The number of benzene rings is 2. The lowest BCUT2D eigenvalue weighted by atomic mass is 9.79. The first-order valence-corrected chi connectivity index (χ1v) is 13.0. The molecule has 2 aromatic carbocycles. The van der Waals surface area contributed by atoms with Crippen LogP contribution in [0.4, 0.5) is 0 Å². The third-order valence-electron chi connectivity index (χ3n) is 6.36. The fourth-order valence-corrected chi connectivity index (χ4v) is 4.64. The van der Waals surface area contributed by atoms with E-state index < -0.39 is 4.92 Å². The van der Waals surface area contributed by atoms with Crippen molar-refractivity contribution in [1.29, 1.82) is 0 Å². The minimum atomic E-state index is -0.528. The van der Waals surface area contributed by atoms with Crippen LogP contribution in [0.5, 0.6) is 5.75 Å². The van der Waals surface area contributed by atoms with Crippen LogP contribution in [-0.4, -0.2) is 29.4 Å². The van der Waals surface area contributed by atoms with Crippen LogP contribution < -0.4 is 4.74 Å². The van der Waals surface area contributed by atoms with Crippen molar-refractivity contribution in [3.8, 4) is 5.75 Å². The summed E-state index contributed by atoms with van der Waals surface area (Å²) in [6.45, 7) is 13.1. The fraction of sp³-hybridized carbons (Fsp3) is 0.367. The zero-order chi connectivity index (χ0) is 27.7. The monoisotopic (exact) mass is 524 g/mol. The van der Waals surface area contributed by atoms with Crippen molar-refractivity contribution in [1.82, 2.24) is 4.90 Å². The van der Waals surface area contributed by atoms with Crippen LogP contribution >= 0.6 is 11.6 Å². The second kappa shape index (κ2) is 13.8. The molecule has 198 valence electrons. The molecule has 1 unspecified atom stereocenters. The molecule has 1 atom stereocenters. The second-order valence-corrected chi connectivity index (χ2v) is 9.07. The number of carbonyl (C=O) groups is 1. The Kier molecular flexibility index (Phi) is 11.1. The van der Waals surface area contributed by atoms with E-state index in [9.17, 15) is 14.9 Å². The van der Waals surface area contributed by atoms with Crippen molar-refractivity contribution in [3.05, 3.63) is 109 Å². The molecular formula is C30H37ClN2O4. The number of ether oxygens (including phenoxy) is 1. The molecule has 6 nitrogen and oxygen atoms in total. The van der Waals surface area contributed by atoms with E-state index in [0.717, 1.165) is 19.4 Å². The van der Waals surface area contributed by atoms with Crippen LogP contribution in [0.25, 0.3) is 0 Å². The smallest absolute Gasteiger partial charge is 0.339 e. The average Bonchev–Trinajstić information content (AvgIpc) is 3.03. The van der Waals surface area contributed by atoms with Gasteiger partial charge in [0.15, 0.2) is 0 Å². The zero-order valence-electron chi connectivity index (χ0n) is 22.6. The van der Waals surface area contributed by atoms with Gasteiger partial charge in [0.1, 0.15) is 5.75 Å². The Hall–Kier alpha value is -3.38. The molecule has 0 bridgehead atoms. The standard InChI is InChI=1S/C25H26ClNO2.C3H5NO2.C2H6/c1-4-16(5-2)25(28)29-23-15-20-18(14-21(23)26)12-13-27(3)22-11-10-17-8-6-7-9-19(17)24(20)22;1-3(2)4(5)6;1-2/h4,6-9,11,14-15,24H,5,10,12-13H2,1-3H3;1H2,2H3;1-2H3/b16-4+;;. The van der Waals surface area contributed by atoms with E-state index in [1.165, 1.54) is 34.9 Å². The molecular weight excluding hydrogens is 488 g/mol. The maximum atomic E-state index is 12.5. The SMILES string of the molecule is C/C=C(\CC)C(=O)Oc1cc2c(cc1Cl)CCN(C)C1=CCc3ccccc3C12.C=C(C)[N+](=O)[O-].CC. The van der Waals surface area contributed by atoms with Gasteiger partial charge < -0.3 is 9.64 Å². The summed E-state index contributed by atoms with van der Waals surface area (Å²) >= 11 is 6.54. The van der Waals surface area contributed by atoms with E-state index in [4.69, 9.17) is 16.3 Å². The molecule has 0 aromatic heterocycles. The summed E-state index contributed by atoms with van der Waals surface area (Å²) < 4.78 is 5.72. The highest BCUT2D eigenvalue weighted by Gasteiger charge is 2.32. The van der Waals surface area contributed by atoms with Crippen molar-refractivity contribution in [2.75, 3.05) is 13.6 Å². The Morgan fingerprint density at radius 1 is 1.24 bits per heavy atom. The van der Waals surface area contributed by atoms with Crippen molar-refractivity contribution in [3.63, 3.8) is 0 Å². The van der Waals surface area contributed by atoms with E-state index >= 15 is 0 Å². The lowest BCUT2D eigenvalue weighted by molar-refractivity contribution is -0.423. The summed E-state index contributed by atoms with van der Waals surface area (Å²) in [5.74, 6) is 0.238. The first-order chi connectivity index (χ1) is 17.7. The van der Waals surface area contributed by atoms with Crippen molar-refractivity contribution >= 4 is 17.6 Å². The van der Waals surface area contributed by atoms with Gasteiger partial charge in [-0.25, -0.2) is 4.79 Å². The number of nitro groups is 1. The topological polar surface area (TPSA) is 72.7 Å². The predicted octanol–water partition coefficient (Wildman–Crippen LogP) is 7.48. The molecule has 1 heterocycles. The largest absolute Gasteiger partial charge is 0.422 e. The molecule has 0 N–H and O–H groups in total. The highest BCUT2D eigenvalue weighted by Crippen LogP contribution is 2.44. The molecule has 4 rings (SSSR count).